The van der Waals surface area contributed by atoms with Gasteiger partial charge in [0.15, 0.2) is 0 Å². The number of likely N-dealkylation sites (N-methyl/N-ethyl adjacent to an activating group) is 1. The van der Waals surface area contributed by atoms with Gasteiger partial charge in [-0.15, -0.1) is 0 Å². The molecule has 5 heteroatoms. The van der Waals surface area contributed by atoms with Gasteiger partial charge < -0.3 is 15.3 Å². The number of benzene rings is 1. The molecule has 1 saturated heterocycles. The molecule has 132 valence electrons. The summed E-state index contributed by atoms with van der Waals surface area (Å²) in [6.45, 7) is 4.35. The van der Waals surface area contributed by atoms with Crippen LogP contribution in [-0.4, -0.2) is 66.7 Å². The first kappa shape index (κ1) is 17.4. The average molecular weight is 331 g/mol. The van der Waals surface area contributed by atoms with E-state index < -0.39 is 0 Å². The van der Waals surface area contributed by atoms with Gasteiger partial charge in [-0.25, -0.2) is 0 Å². The Bertz CT molecular complexity index is 529. The standard InChI is InChI=1S/C19H29N3O2/c1-21-10-12-22(13-11-21)18(15-6-3-2-4-7-15)19(24)20-14-16-8-5-9-17(16)23/h2-4,6-7,16-18,23H,5,8-14H2,1H3,(H,20,24). The maximum absolute atomic E-state index is 12.9. The Morgan fingerprint density at radius 1 is 1.21 bits per heavy atom. The number of hydrogen-bond donors (Lipinski definition) is 2. The van der Waals surface area contributed by atoms with Gasteiger partial charge in [0, 0.05) is 38.6 Å². The van der Waals surface area contributed by atoms with Crippen molar-refractivity contribution in [3.05, 3.63) is 35.9 Å². The topological polar surface area (TPSA) is 55.8 Å². The van der Waals surface area contributed by atoms with Crippen LogP contribution in [0.3, 0.4) is 0 Å². The maximum Gasteiger partial charge on any atom is 0.241 e. The van der Waals surface area contributed by atoms with Crippen molar-refractivity contribution in [2.24, 2.45) is 5.92 Å². The second kappa shape index (κ2) is 8.10. The fourth-order valence-corrected chi connectivity index (χ4v) is 3.83. The SMILES string of the molecule is CN1CCN(C(C(=O)NCC2CCCC2O)c2ccccc2)CC1. The Hall–Kier alpha value is -1.43. The van der Waals surface area contributed by atoms with Gasteiger partial charge in [0.1, 0.15) is 6.04 Å². The summed E-state index contributed by atoms with van der Waals surface area (Å²) in [6.07, 6.45) is 2.67. The Balaban J connectivity index is 1.68. The van der Waals surface area contributed by atoms with Crippen LogP contribution >= 0.6 is 0 Å². The number of piperazine rings is 1. The molecule has 0 bridgehead atoms. The molecule has 2 N–H and O–H groups in total. The summed E-state index contributed by atoms with van der Waals surface area (Å²) in [5, 5.41) is 13.1. The van der Waals surface area contributed by atoms with E-state index in [1.165, 1.54) is 0 Å². The molecule has 0 spiro atoms. The van der Waals surface area contributed by atoms with Crippen molar-refractivity contribution in [3.8, 4) is 0 Å². The van der Waals surface area contributed by atoms with Gasteiger partial charge in [0.05, 0.1) is 6.10 Å². The number of hydrogen-bond acceptors (Lipinski definition) is 4. The van der Waals surface area contributed by atoms with Crippen LogP contribution in [0.4, 0.5) is 0 Å². The van der Waals surface area contributed by atoms with Crippen LogP contribution < -0.4 is 5.32 Å². The summed E-state index contributed by atoms with van der Waals surface area (Å²) >= 11 is 0. The molecule has 2 fully saturated rings. The Labute approximate surface area is 144 Å². The first-order chi connectivity index (χ1) is 11.6. The molecule has 2 aliphatic rings. The van der Waals surface area contributed by atoms with Crippen LogP contribution in [0.15, 0.2) is 30.3 Å². The molecule has 1 aliphatic heterocycles. The summed E-state index contributed by atoms with van der Waals surface area (Å²) in [7, 11) is 2.12. The smallest absolute Gasteiger partial charge is 0.241 e. The maximum atomic E-state index is 12.9. The third-order valence-corrected chi connectivity index (χ3v) is 5.42. The quantitative estimate of drug-likeness (QED) is 0.853. The minimum Gasteiger partial charge on any atom is -0.393 e. The molecule has 0 radical (unpaired) electrons. The first-order valence-electron chi connectivity index (χ1n) is 9.08. The predicted octanol–water partition coefficient (Wildman–Crippen LogP) is 1.25. The van der Waals surface area contributed by atoms with Gasteiger partial charge in [0.2, 0.25) is 5.91 Å². The highest BCUT2D eigenvalue weighted by Crippen LogP contribution is 2.26. The van der Waals surface area contributed by atoms with E-state index in [1.54, 1.807) is 0 Å². The largest absolute Gasteiger partial charge is 0.393 e. The molecule has 3 unspecified atom stereocenters. The molecule has 1 aromatic rings. The molecule has 0 aromatic heterocycles. The zero-order chi connectivity index (χ0) is 16.9. The lowest BCUT2D eigenvalue weighted by Crippen LogP contribution is -2.50. The summed E-state index contributed by atoms with van der Waals surface area (Å²) < 4.78 is 0. The van der Waals surface area contributed by atoms with Gasteiger partial charge in [-0.2, -0.15) is 0 Å². The molecule has 1 amide bonds. The van der Waals surface area contributed by atoms with E-state index in [2.05, 4.69) is 22.2 Å². The molecule has 1 aliphatic carbocycles. The van der Waals surface area contributed by atoms with Crippen molar-refractivity contribution in [3.63, 3.8) is 0 Å². The number of amides is 1. The van der Waals surface area contributed by atoms with Crippen LogP contribution in [0.5, 0.6) is 0 Å². The number of carbonyl (C=O) groups is 1. The summed E-state index contributed by atoms with van der Waals surface area (Å²) in [5.74, 6) is 0.266. The van der Waals surface area contributed by atoms with E-state index in [1.807, 2.05) is 30.3 Å². The third kappa shape index (κ3) is 4.15. The van der Waals surface area contributed by atoms with E-state index in [0.717, 1.165) is 51.0 Å². The molecular weight excluding hydrogens is 302 g/mol. The number of nitrogens with zero attached hydrogens (tertiary/aromatic N) is 2. The molecule has 1 aromatic carbocycles. The first-order valence-corrected chi connectivity index (χ1v) is 9.08. The van der Waals surface area contributed by atoms with Crippen LogP contribution in [0.2, 0.25) is 0 Å². The number of carbonyl (C=O) groups excluding carboxylic acids is 1. The second-order valence-electron chi connectivity index (χ2n) is 7.16. The van der Waals surface area contributed by atoms with E-state index in [9.17, 15) is 9.90 Å². The third-order valence-electron chi connectivity index (χ3n) is 5.42. The lowest BCUT2D eigenvalue weighted by molar-refractivity contribution is -0.127. The van der Waals surface area contributed by atoms with E-state index in [4.69, 9.17) is 0 Å². The van der Waals surface area contributed by atoms with Crippen LogP contribution in [0.1, 0.15) is 30.9 Å². The normalized spacial score (nSPS) is 27.1. The minimum atomic E-state index is -0.260. The van der Waals surface area contributed by atoms with Crippen molar-refractivity contribution < 1.29 is 9.90 Å². The van der Waals surface area contributed by atoms with Crippen molar-refractivity contribution in [1.82, 2.24) is 15.1 Å². The minimum absolute atomic E-state index is 0.0600. The van der Waals surface area contributed by atoms with Crippen LogP contribution in [0.25, 0.3) is 0 Å². The Morgan fingerprint density at radius 2 is 1.92 bits per heavy atom. The summed E-state index contributed by atoms with van der Waals surface area (Å²) in [6, 6.07) is 9.80. The Morgan fingerprint density at radius 3 is 2.54 bits per heavy atom. The van der Waals surface area contributed by atoms with E-state index in [-0.39, 0.29) is 24.0 Å². The number of aliphatic hydroxyl groups excluding tert-OH is 1. The van der Waals surface area contributed by atoms with Gasteiger partial charge >= 0.3 is 0 Å². The van der Waals surface area contributed by atoms with Crippen molar-refractivity contribution in [2.45, 2.75) is 31.4 Å². The number of aliphatic hydroxyl groups is 1. The van der Waals surface area contributed by atoms with Gasteiger partial charge in [-0.1, -0.05) is 36.8 Å². The zero-order valence-corrected chi connectivity index (χ0v) is 14.5. The average Bonchev–Trinajstić information content (AvgIpc) is 3.01. The molecule has 3 rings (SSSR count). The van der Waals surface area contributed by atoms with Crippen LogP contribution in [0, 0.1) is 5.92 Å². The summed E-state index contributed by atoms with van der Waals surface area (Å²) in [4.78, 5) is 17.5. The zero-order valence-electron chi connectivity index (χ0n) is 14.5. The van der Waals surface area contributed by atoms with Gasteiger partial charge in [-0.3, -0.25) is 9.69 Å². The van der Waals surface area contributed by atoms with E-state index in [0.29, 0.717) is 6.54 Å². The lowest BCUT2D eigenvalue weighted by atomic mass is 10.0. The molecule has 1 heterocycles. The Kier molecular flexibility index (Phi) is 5.87. The van der Waals surface area contributed by atoms with Crippen molar-refractivity contribution >= 4 is 5.91 Å². The van der Waals surface area contributed by atoms with E-state index >= 15 is 0 Å². The highest BCUT2D eigenvalue weighted by Gasteiger charge is 2.31. The monoisotopic (exact) mass is 331 g/mol. The van der Waals surface area contributed by atoms with Crippen molar-refractivity contribution in [1.29, 1.82) is 0 Å². The highest BCUT2D eigenvalue weighted by atomic mass is 16.3. The molecule has 24 heavy (non-hydrogen) atoms. The summed E-state index contributed by atoms with van der Waals surface area (Å²) in [5.41, 5.74) is 1.05. The van der Waals surface area contributed by atoms with Gasteiger partial charge in [0.25, 0.3) is 0 Å². The second-order valence-corrected chi connectivity index (χ2v) is 7.16. The van der Waals surface area contributed by atoms with Crippen molar-refractivity contribution in [2.75, 3.05) is 39.8 Å². The van der Waals surface area contributed by atoms with Gasteiger partial charge in [-0.05, 0) is 25.5 Å². The predicted molar refractivity (Wildman–Crippen MR) is 94.6 cm³/mol. The number of rotatable bonds is 5. The fraction of sp³-hybridized carbons (Fsp3) is 0.632. The molecule has 3 atom stereocenters. The molecular formula is C19H29N3O2. The fourth-order valence-electron chi connectivity index (χ4n) is 3.83. The molecule has 1 saturated carbocycles. The molecule has 5 nitrogen and oxygen atoms in total. The highest BCUT2D eigenvalue weighted by molar-refractivity contribution is 5.83. The van der Waals surface area contributed by atoms with Crippen LogP contribution in [-0.2, 0) is 4.79 Å². The number of nitrogens with one attached hydrogen (secondary N) is 1. The lowest BCUT2D eigenvalue weighted by Gasteiger charge is -2.37.